The van der Waals surface area contributed by atoms with E-state index >= 15 is 0 Å². The molecule has 2 aliphatic heterocycles. The van der Waals surface area contributed by atoms with Gasteiger partial charge in [-0.25, -0.2) is 8.42 Å². The van der Waals surface area contributed by atoms with Gasteiger partial charge in [0.15, 0.2) is 15.5 Å². The molecule has 10 heteroatoms. The monoisotopic (exact) mass is 397 g/mol. The number of hydrogen-bond acceptors (Lipinski definition) is 6. The van der Waals surface area contributed by atoms with Crippen molar-refractivity contribution < 1.29 is 18.0 Å². The predicted octanol–water partition coefficient (Wildman–Crippen LogP) is 0.0417. The molecular weight excluding hydrogens is 370 g/mol. The molecule has 9 nitrogen and oxygen atoms in total. The fourth-order valence-electron chi connectivity index (χ4n) is 3.83. The summed E-state index contributed by atoms with van der Waals surface area (Å²) in [5.74, 6) is -0.618. The van der Waals surface area contributed by atoms with Gasteiger partial charge in [0.25, 0.3) is 5.91 Å². The fraction of sp³-hybridized carbons (Fsp3) is 0.765. The van der Waals surface area contributed by atoms with Gasteiger partial charge in [-0.3, -0.25) is 14.3 Å². The van der Waals surface area contributed by atoms with Crippen LogP contribution in [0.5, 0.6) is 0 Å². The lowest BCUT2D eigenvalue weighted by molar-refractivity contribution is -0.135. The summed E-state index contributed by atoms with van der Waals surface area (Å²) >= 11 is 0. The van der Waals surface area contributed by atoms with Crippen LogP contribution in [0, 0.1) is 11.8 Å². The van der Waals surface area contributed by atoms with Crippen molar-refractivity contribution in [1.29, 1.82) is 0 Å². The number of hydrogen-bond donors (Lipinski definition) is 0. The SMILES string of the molecule is CC(C)CCn1cc(C(=O)N2CC3(C2)C(C(=O)N(C)C)CCS3(=O)=O)nn1. The summed E-state index contributed by atoms with van der Waals surface area (Å²) in [5, 5.41) is 7.90. The first kappa shape index (κ1) is 19.8. The predicted molar refractivity (Wildman–Crippen MR) is 98.7 cm³/mol. The molecule has 0 N–H and O–H groups in total. The van der Waals surface area contributed by atoms with Crippen molar-refractivity contribution in [3.63, 3.8) is 0 Å². The van der Waals surface area contributed by atoms with E-state index in [2.05, 4.69) is 24.2 Å². The number of aryl methyl sites for hydroxylation is 1. The van der Waals surface area contributed by atoms with Crippen LogP contribution in [0.25, 0.3) is 0 Å². The minimum absolute atomic E-state index is 0.00926. The Balaban J connectivity index is 1.71. The molecule has 27 heavy (non-hydrogen) atoms. The van der Waals surface area contributed by atoms with Crippen molar-refractivity contribution in [3.05, 3.63) is 11.9 Å². The van der Waals surface area contributed by atoms with Crippen molar-refractivity contribution in [2.24, 2.45) is 11.8 Å². The van der Waals surface area contributed by atoms with Gasteiger partial charge in [-0.2, -0.15) is 0 Å². The normalized spacial score (nSPS) is 22.9. The van der Waals surface area contributed by atoms with Crippen LogP contribution >= 0.6 is 0 Å². The number of carbonyl (C=O) groups excluding carboxylic acids is 2. The molecule has 0 radical (unpaired) electrons. The Kier molecular flexibility index (Phi) is 5.04. The maximum atomic E-state index is 12.7. The molecule has 150 valence electrons. The lowest BCUT2D eigenvalue weighted by atomic mass is 9.82. The molecule has 2 saturated heterocycles. The molecule has 0 saturated carbocycles. The Morgan fingerprint density at radius 2 is 2.00 bits per heavy atom. The van der Waals surface area contributed by atoms with Crippen LogP contribution in [-0.2, 0) is 21.2 Å². The largest absolute Gasteiger partial charge is 0.349 e. The summed E-state index contributed by atoms with van der Waals surface area (Å²) in [7, 11) is -0.176. The molecule has 3 rings (SSSR count). The van der Waals surface area contributed by atoms with Crippen LogP contribution in [0.3, 0.4) is 0 Å². The molecule has 2 amide bonds. The lowest BCUT2D eigenvalue weighted by Gasteiger charge is -2.49. The molecule has 0 aliphatic carbocycles. The first-order chi connectivity index (χ1) is 12.6. The molecule has 2 aliphatic rings. The van der Waals surface area contributed by atoms with Crippen LogP contribution in [0.1, 0.15) is 37.2 Å². The van der Waals surface area contributed by atoms with E-state index in [-0.39, 0.29) is 36.4 Å². The van der Waals surface area contributed by atoms with Gasteiger partial charge in [-0.15, -0.1) is 5.10 Å². The minimum atomic E-state index is -3.42. The van der Waals surface area contributed by atoms with Crippen molar-refractivity contribution in [2.45, 2.75) is 38.0 Å². The Labute approximate surface area is 159 Å². The topological polar surface area (TPSA) is 105 Å². The highest BCUT2D eigenvalue weighted by Gasteiger charge is 2.65. The second-order valence-electron chi connectivity index (χ2n) is 8.17. The molecule has 0 aromatic carbocycles. The number of carbonyl (C=O) groups is 2. The van der Waals surface area contributed by atoms with Crippen LogP contribution in [0.2, 0.25) is 0 Å². The van der Waals surface area contributed by atoms with Gasteiger partial charge in [0.1, 0.15) is 4.75 Å². The number of likely N-dealkylation sites (tertiary alicyclic amines) is 1. The summed E-state index contributed by atoms with van der Waals surface area (Å²) in [6, 6.07) is 0. The number of sulfone groups is 1. The summed E-state index contributed by atoms with van der Waals surface area (Å²) < 4.78 is 25.7. The minimum Gasteiger partial charge on any atom is -0.349 e. The number of rotatable bonds is 5. The van der Waals surface area contributed by atoms with E-state index < -0.39 is 20.5 Å². The van der Waals surface area contributed by atoms with E-state index in [0.717, 1.165) is 6.42 Å². The molecule has 1 aromatic heterocycles. The molecule has 1 spiro atoms. The van der Waals surface area contributed by atoms with Crippen LogP contribution in [0.15, 0.2) is 6.20 Å². The van der Waals surface area contributed by atoms with E-state index in [0.29, 0.717) is 18.9 Å². The van der Waals surface area contributed by atoms with Crippen LogP contribution in [-0.4, -0.2) is 82.7 Å². The summed E-state index contributed by atoms with van der Waals surface area (Å²) in [6.45, 7) is 4.97. The summed E-state index contributed by atoms with van der Waals surface area (Å²) in [6.07, 6.45) is 2.84. The van der Waals surface area contributed by atoms with E-state index in [1.54, 1.807) is 25.0 Å². The summed E-state index contributed by atoms with van der Waals surface area (Å²) in [4.78, 5) is 28.0. The Morgan fingerprint density at radius 3 is 2.59 bits per heavy atom. The van der Waals surface area contributed by atoms with Gasteiger partial charge in [0.05, 0.1) is 17.9 Å². The molecule has 0 bridgehead atoms. The Hall–Kier alpha value is -1.97. The van der Waals surface area contributed by atoms with E-state index in [9.17, 15) is 18.0 Å². The maximum absolute atomic E-state index is 12.7. The zero-order valence-electron chi connectivity index (χ0n) is 16.3. The smallest absolute Gasteiger partial charge is 0.276 e. The molecule has 1 unspecified atom stereocenters. The first-order valence-electron chi connectivity index (χ1n) is 9.20. The second-order valence-corrected chi connectivity index (χ2v) is 10.6. The first-order valence-corrected chi connectivity index (χ1v) is 10.9. The molecular formula is C17H27N5O4S. The second kappa shape index (κ2) is 6.88. The van der Waals surface area contributed by atoms with Crippen molar-refractivity contribution in [1.82, 2.24) is 24.8 Å². The van der Waals surface area contributed by atoms with E-state index in [4.69, 9.17) is 0 Å². The van der Waals surface area contributed by atoms with E-state index in [1.165, 1.54) is 9.80 Å². The Bertz CT molecular complexity index is 839. The quantitative estimate of drug-likeness (QED) is 0.695. The standard InChI is InChI=1S/C17H27N5O4S/c1-12(2)5-7-22-9-14(18-19-22)16(24)21-10-17(11-21)13(15(23)20(3)4)6-8-27(17,25)26/h9,12-13H,5-8,10-11H2,1-4H3. The number of amides is 2. The number of nitrogens with zero attached hydrogens (tertiary/aromatic N) is 5. The summed E-state index contributed by atoms with van der Waals surface area (Å²) in [5.41, 5.74) is 0.208. The molecule has 3 heterocycles. The van der Waals surface area contributed by atoms with Crippen molar-refractivity contribution in [3.8, 4) is 0 Å². The third-order valence-electron chi connectivity index (χ3n) is 5.57. The van der Waals surface area contributed by atoms with Gasteiger partial charge in [0.2, 0.25) is 5.91 Å². The van der Waals surface area contributed by atoms with Crippen LogP contribution in [0.4, 0.5) is 0 Å². The van der Waals surface area contributed by atoms with Gasteiger partial charge in [0, 0.05) is 33.7 Å². The molecule has 1 aromatic rings. The highest BCUT2D eigenvalue weighted by molar-refractivity contribution is 7.93. The average Bonchev–Trinajstić information content (AvgIpc) is 3.12. The van der Waals surface area contributed by atoms with Gasteiger partial charge < -0.3 is 9.80 Å². The van der Waals surface area contributed by atoms with Gasteiger partial charge in [-0.1, -0.05) is 19.1 Å². The van der Waals surface area contributed by atoms with Gasteiger partial charge >= 0.3 is 0 Å². The third-order valence-corrected chi connectivity index (χ3v) is 8.12. The van der Waals surface area contributed by atoms with Crippen LogP contribution < -0.4 is 0 Å². The van der Waals surface area contributed by atoms with E-state index in [1.807, 2.05) is 0 Å². The van der Waals surface area contributed by atoms with Crippen molar-refractivity contribution >= 4 is 21.7 Å². The number of aromatic nitrogens is 3. The zero-order chi connectivity index (χ0) is 20.0. The highest BCUT2D eigenvalue weighted by Crippen LogP contribution is 2.45. The maximum Gasteiger partial charge on any atom is 0.276 e. The molecule has 1 atom stereocenters. The third kappa shape index (κ3) is 3.35. The zero-order valence-corrected chi connectivity index (χ0v) is 17.1. The Morgan fingerprint density at radius 1 is 1.33 bits per heavy atom. The lowest BCUT2D eigenvalue weighted by Crippen LogP contribution is -2.69. The van der Waals surface area contributed by atoms with Crippen molar-refractivity contribution in [2.75, 3.05) is 32.9 Å². The van der Waals surface area contributed by atoms with Gasteiger partial charge in [-0.05, 0) is 18.8 Å². The fourth-order valence-corrected chi connectivity index (χ4v) is 6.14. The average molecular weight is 398 g/mol. The molecule has 2 fully saturated rings. The highest BCUT2D eigenvalue weighted by atomic mass is 32.2.